The Morgan fingerprint density at radius 1 is 1.33 bits per heavy atom. The molecule has 1 fully saturated rings. The minimum Gasteiger partial charge on any atom is -0.313 e. The van der Waals surface area contributed by atoms with Gasteiger partial charge in [0.1, 0.15) is 5.82 Å². The number of nitrogens with one attached hydrogen (secondary N) is 1. The molecule has 2 heteroatoms. The van der Waals surface area contributed by atoms with Crippen molar-refractivity contribution in [1.29, 1.82) is 0 Å². The smallest absolute Gasteiger partial charge is 0.123 e. The molecular weight excluding hydrogens is 189 g/mol. The number of halogens is 1. The predicted molar refractivity (Wildman–Crippen MR) is 60.1 cm³/mol. The average molecular weight is 207 g/mol. The van der Waals surface area contributed by atoms with Crippen LogP contribution in [0.25, 0.3) is 0 Å². The Labute approximate surface area is 90.7 Å². The number of benzene rings is 1. The maximum absolute atomic E-state index is 12.8. The highest BCUT2D eigenvalue weighted by Crippen LogP contribution is 2.57. The summed E-state index contributed by atoms with van der Waals surface area (Å²) in [5, 5.41) is 3.33. The van der Waals surface area contributed by atoms with Gasteiger partial charge in [0, 0.05) is 6.04 Å². The van der Waals surface area contributed by atoms with Crippen molar-refractivity contribution in [3.05, 3.63) is 35.6 Å². The summed E-state index contributed by atoms with van der Waals surface area (Å²) in [5.41, 5.74) is 1.62. The van der Waals surface area contributed by atoms with E-state index in [-0.39, 0.29) is 5.82 Å². The first-order chi connectivity index (χ1) is 7.04. The summed E-state index contributed by atoms with van der Waals surface area (Å²) >= 11 is 0. The lowest BCUT2D eigenvalue weighted by Gasteiger charge is -2.18. The van der Waals surface area contributed by atoms with Crippen LogP contribution in [0.5, 0.6) is 0 Å². The molecule has 0 aliphatic heterocycles. The predicted octanol–water partition coefficient (Wildman–Crippen LogP) is 3.13. The maximum atomic E-state index is 12.8. The van der Waals surface area contributed by atoms with Crippen molar-refractivity contribution < 1.29 is 4.39 Å². The zero-order chi connectivity index (χ0) is 11.1. The fraction of sp³-hybridized carbons (Fsp3) is 0.538. The number of hydrogen-bond acceptors (Lipinski definition) is 1. The lowest BCUT2D eigenvalue weighted by Crippen LogP contribution is -2.20. The minimum atomic E-state index is -0.163. The van der Waals surface area contributed by atoms with E-state index in [1.807, 2.05) is 19.2 Å². The van der Waals surface area contributed by atoms with E-state index in [0.29, 0.717) is 17.4 Å². The molecule has 1 saturated carbocycles. The van der Waals surface area contributed by atoms with E-state index >= 15 is 0 Å². The largest absolute Gasteiger partial charge is 0.313 e. The summed E-state index contributed by atoms with van der Waals surface area (Å²) in [6, 6.07) is 7.19. The van der Waals surface area contributed by atoms with Crippen molar-refractivity contribution in [2.45, 2.75) is 26.3 Å². The summed E-state index contributed by atoms with van der Waals surface area (Å²) in [5.74, 6) is 0.511. The van der Waals surface area contributed by atoms with Gasteiger partial charge in [-0.1, -0.05) is 26.0 Å². The molecule has 1 aromatic rings. The molecule has 0 saturated heterocycles. The van der Waals surface area contributed by atoms with E-state index in [4.69, 9.17) is 0 Å². The van der Waals surface area contributed by atoms with E-state index in [1.54, 1.807) is 0 Å². The van der Waals surface area contributed by atoms with Crippen molar-refractivity contribution in [2.24, 2.45) is 11.3 Å². The van der Waals surface area contributed by atoms with Crippen LogP contribution in [0.3, 0.4) is 0 Å². The quantitative estimate of drug-likeness (QED) is 0.803. The van der Waals surface area contributed by atoms with Gasteiger partial charge in [-0.05, 0) is 42.5 Å². The average Bonchev–Trinajstić information content (AvgIpc) is 2.80. The third-order valence-electron chi connectivity index (χ3n) is 3.53. The Bertz CT molecular complexity index is 342. The van der Waals surface area contributed by atoms with E-state index in [2.05, 4.69) is 19.2 Å². The Balaban J connectivity index is 2.17. The highest BCUT2D eigenvalue weighted by molar-refractivity contribution is 5.23. The van der Waals surface area contributed by atoms with Gasteiger partial charge >= 0.3 is 0 Å². The first kappa shape index (κ1) is 10.6. The van der Waals surface area contributed by atoms with Gasteiger partial charge in [-0.2, -0.15) is 0 Å². The molecule has 1 aliphatic carbocycles. The molecule has 1 N–H and O–H groups in total. The molecule has 0 radical (unpaired) electrons. The summed E-state index contributed by atoms with van der Waals surface area (Å²) in [6.45, 7) is 4.57. The van der Waals surface area contributed by atoms with Crippen LogP contribution in [0.2, 0.25) is 0 Å². The lowest BCUT2D eigenvalue weighted by molar-refractivity contribution is 0.440. The Hall–Kier alpha value is -0.890. The van der Waals surface area contributed by atoms with Gasteiger partial charge in [-0.25, -0.2) is 4.39 Å². The second kappa shape index (κ2) is 3.60. The van der Waals surface area contributed by atoms with Crippen LogP contribution in [0, 0.1) is 17.2 Å². The maximum Gasteiger partial charge on any atom is 0.123 e. The standard InChI is InChI=1S/C13H18FN/c1-13(2)8-11(13)12(15-3)9-4-6-10(14)7-5-9/h4-7,11-12,15H,8H2,1-3H3. The summed E-state index contributed by atoms with van der Waals surface area (Å²) < 4.78 is 12.8. The van der Waals surface area contributed by atoms with Gasteiger partial charge in [0.15, 0.2) is 0 Å². The molecule has 1 nitrogen and oxygen atoms in total. The van der Waals surface area contributed by atoms with Gasteiger partial charge in [-0.3, -0.25) is 0 Å². The lowest BCUT2D eigenvalue weighted by atomic mass is 9.97. The molecule has 0 bridgehead atoms. The molecule has 0 heterocycles. The highest BCUT2D eigenvalue weighted by Gasteiger charge is 2.49. The first-order valence-corrected chi connectivity index (χ1v) is 5.47. The van der Waals surface area contributed by atoms with Crippen LogP contribution in [0.15, 0.2) is 24.3 Å². The van der Waals surface area contributed by atoms with Crippen molar-refractivity contribution in [3.8, 4) is 0 Å². The molecule has 0 spiro atoms. The van der Waals surface area contributed by atoms with Gasteiger partial charge in [0.25, 0.3) is 0 Å². The molecule has 82 valence electrons. The first-order valence-electron chi connectivity index (χ1n) is 5.47. The van der Waals surface area contributed by atoms with E-state index in [0.717, 1.165) is 0 Å². The van der Waals surface area contributed by atoms with E-state index in [9.17, 15) is 4.39 Å². The molecule has 1 aliphatic rings. The zero-order valence-corrected chi connectivity index (χ0v) is 9.55. The van der Waals surface area contributed by atoms with Gasteiger partial charge in [0.2, 0.25) is 0 Å². The van der Waals surface area contributed by atoms with Crippen LogP contribution in [0.1, 0.15) is 31.9 Å². The summed E-state index contributed by atoms with van der Waals surface area (Å²) in [6.07, 6.45) is 1.25. The highest BCUT2D eigenvalue weighted by atomic mass is 19.1. The second-order valence-electron chi connectivity index (χ2n) is 5.12. The van der Waals surface area contributed by atoms with Crippen LogP contribution in [0.4, 0.5) is 4.39 Å². The van der Waals surface area contributed by atoms with Crippen molar-refractivity contribution >= 4 is 0 Å². The molecule has 0 amide bonds. The molecule has 0 aromatic heterocycles. The fourth-order valence-corrected chi connectivity index (χ4v) is 2.35. The molecule has 2 rings (SSSR count). The van der Waals surface area contributed by atoms with Crippen molar-refractivity contribution in [1.82, 2.24) is 5.32 Å². The summed E-state index contributed by atoms with van der Waals surface area (Å²) in [4.78, 5) is 0. The van der Waals surface area contributed by atoms with Crippen molar-refractivity contribution in [3.63, 3.8) is 0 Å². The second-order valence-corrected chi connectivity index (χ2v) is 5.12. The van der Waals surface area contributed by atoms with Crippen molar-refractivity contribution in [2.75, 3.05) is 7.05 Å². The monoisotopic (exact) mass is 207 g/mol. The van der Waals surface area contributed by atoms with E-state index < -0.39 is 0 Å². The van der Waals surface area contributed by atoms with Crippen LogP contribution >= 0.6 is 0 Å². The fourth-order valence-electron chi connectivity index (χ4n) is 2.35. The van der Waals surface area contributed by atoms with Crippen LogP contribution < -0.4 is 5.32 Å². The molecule has 15 heavy (non-hydrogen) atoms. The van der Waals surface area contributed by atoms with Gasteiger partial charge in [0.05, 0.1) is 0 Å². The Morgan fingerprint density at radius 3 is 2.27 bits per heavy atom. The zero-order valence-electron chi connectivity index (χ0n) is 9.55. The van der Waals surface area contributed by atoms with E-state index in [1.165, 1.54) is 24.1 Å². The Morgan fingerprint density at radius 2 is 1.87 bits per heavy atom. The number of rotatable bonds is 3. The SMILES string of the molecule is CNC(c1ccc(F)cc1)C1CC1(C)C. The molecular formula is C13H18FN. The minimum absolute atomic E-state index is 0.163. The number of hydrogen-bond donors (Lipinski definition) is 1. The Kier molecular flexibility index (Phi) is 2.55. The topological polar surface area (TPSA) is 12.0 Å². The normalized spacial score (nSPS) is 24.9. The van der Waals surface area contributed by atoms with Crippen LogP contribution in [-0.4, -0.2) is 7.05 Å². The van der Waals surface area contributed by atoms with Gasteiger partial charge < -0.3 is 5.32 Å². The summed E-state index contributed by atoms with van der Waals surface area (Å²) in [7, 11) is 1.97. The van der Waals surface area contributed by atoms with Crippen LogP contribution in [-0.2, 0) is 0 Å². The molecule has 2 unspecified atom stereocenters. The third-order valence-corrected chi connectivity index (χ3v) is 3.53. The third kappa shape index (κ3) is 2.05. The molecule has 1 aromatic carbocycles. The molecule has 2 atom stereocenters. The van der Waals surface area contributed by atoms with Gasteiger partial charge in [-0.15, -0.1) is 0 Å².